The molecule has 0 unspecified atom stereocenters. The standard InChI is InChI=1S/C17H14BrNO3/c18-13-6-3-5-12(11-13)17(22)14-7-1-2-8-15(14)19-16(21)9-4-10-20/h1-3,5-8,10-11H,4,9H2,(H,19,21). The second-order valence-electron chi connectivity index (χ2n) is 4.64. The monoisotopic (exact) mass is 359 g/mol. The summed E-state index contributed by atoms with van der Waals surface area (Å²) in [5, 5.41) is 2.68. The van der Waals surface area contributed by atoms with Gasteiger partial charge in [0, 0.05) is 28.4 Å². The van der Waals surface area contributed by atoms with Crippen molar-refractivity contribution in [1.29, 1.82) is 0 Å². The van der Waals surface area contributed by atoms with Gasteiger partial charge < -0.3 is 10.1 Å². The molecule has 2 aromatic carbocycles. The first kappa shape index (κ1) is 16.1. The number of benzene rings is 2. The minimum absolute atomic E-state index is 0.100. The maximum atomic E-state index is 12.6. The summed E-state index contributed by atoms with van der Waals surface area (Å²) in [5.74, 6) is -0.464. The van der Waals surface area contributed by atoms with Crippen molar-refractivity contribution < 1.29 is 14.4 Å². The van der Waals surface area contributed by atoms with Crippen molar-refractivity contribution in [3.63, 3.8) is 0 Å². The van der Waals surface area contributed by atoms with Crippen LogP contribution in [0.25, 0.3) is 0 Å². The number of para-hydroxylation sites is 1. The molecule has 1 N–H and O–H groups in total. The molecule has 0 radical (unpaired) electrons. The van der Waals surface area contributed by atoms with Crippen molar-refractivity contribution in [2.75, 3.05) is 5.32 Å². The second-order valence-corrected chi connectivity index (χ2v) is 5.55. The van der Waals surface area contributed by atoms with Crippen LogP contribution in [0.3, 0.4) is 0 Å². The van der Waals surface area contributed by atoms with E-state index in [-0.39, 0.29) is 24.5 Å². The zero-order valence-electron chi connectivity index (χ0n) is 11.7. The fraction of sp³-hybridized carbons (Fsp3) is 0.118. The van der Waals surface area contributed by atoms with Gasteiger partial charge in [-0.1, -0.05) is 40.2 Å². The molecule has 0 aromatic heterocycles. The van der Waals surface area contributed by atoms with Crippen LogP contribution in [0.4, 0.5) is 5.69 Å². The number of amides is 1. The van der Waals surface area contributed by atoms with E-state index in [1.807, 2.05) is 6.07 Å². The van der Waals surface area contributed by atoms with Crippen molar-refractivity contribution in [3.05, 3.63) is 64.1 Å². The average molecular weight is 360 g/mol. The number of halogens is 1. The van der Waals surface area contributed by atoms with E-state index in [0.29, 0.717) is 23.1 Å². The molecular formula is C17H14BrNO3. The fourth-order valence-electron chi connectivity index (χ4n) is 1.98. The number of aldehydes is 1. The van der Waals surface area contributed by atoms with Crippen LogP contribution in [0.15, 0.2) is 53.0 Å². The number of ketones is 1. The summed E-state index contributed by atoms with van der Waals surface area (Å²) < 4.78 is 0.811. The van der Waals surface area contributed by atoms with Crippen LogP contribution >= 0.6 is 15.9 Å². The minimum atomic E-state index is -0.290. The van der Waals surface area contributed by atoms with Gasteiger partial charge in [-0.05, 0) is 24.3 Å². The van der Waals surface area contributed by atoms with Gasteiger partial charge in [0.1, 0.15) is 6.29 Å². The van der Waals surface area contributed by atoms with Gasteiger partial charge in [0.2, 0.25) is 5.91 Å². The summed E-state index contributed by atoms with van der Waals surface area (Å²) in [4.78, 5) is 34.6. The quantitative estimate of drug-likeness (QED) is 0.633. The Morgan fingerprint density at radius 3 is 2.59 bits per heavy atom. The molecular weight excluding hydrogens is 346 g/mol. The SMILES string of the molecule is O=CCCC(=O)Nc1ccccc1C(=O)c1cccc(Br)c1. The van der Waals surface area contributed by atoms with Crippen LogP contribution in [0.1, 0.15) is 28.8 Å². The zero-order valence-corrected chi connectivity index (χ0v) is 13.3. The van der Waals surface area contributed by atoms with E-state index in [9.17, 15) is 14.4 Å². The van der Waals surface area contributed by atoms with E-state index in [2.05, 4.69) is 21.2 Å². The molecule has 0 fully saturated rings. The van der Waals surface area contributed by atoms with Crippen LogP contribution < -0.4 is 5.32 Å². The molecule has 5 heteroatoms. The van der Waals surface area contributed by atoms with Crippen molar-refractivity contribution in [3.8, 4) is 0 Å². The summed E-state index contributed by atoms with van der Waals surface area (Å²) in [7, 11) is 0. The van der Waals surface area contributed by atoms with Gasteiger partial charge in [-0.15, -0.1) is 0 Å². The molecule has 0 atom stereocenters. The van der Waals surface area contributed by atoms with Gasteiger partial charge in [0.05, 0.1) is 5.69 Å². The maximum absolute atomic E-state index is 12.6. The third kappa shape index (κ3) is 4.11. The van der Waals surface area contributed by atoms with E-state index >= 15 is 0 Å². The third-order valence-corrected chi connectivity index (χ3v) is 3.52. The first-order valence-electron chi connectivity index (χ1n) is 6.74. The van der Waals surface area contributed by atoms with E-state index < -0.39 is 0 Å². The molecule has 0 saturated heterocycles. The largest absolute Gasteiger partial charge is 0.325 e. The highest BCUT2D eigenvalue weighted by Gasteiger charge is 2.15. The maximum Gasteiger partial charge on any atom is 0.224 e. The van der Waals surface area contributed by atoms with Gasteiger partial charge in [0.15, 0.2) is 5.78 Å². The number of nitrogens with one attached hydrogen (secondary N) is 1. The van der Waals surface area contributed by atoms with Gasteiger partial charge in [-0.2, -0.15) is 0 Å². The molecule has 112 valence electrons. The highest BCUT2D eigenvalue weighted by Crippen LogP contribution is 2.21. The summed E-state index contributed by atoms with van der Waals surface area (Å²) >= 11 is 3.34. The molecule has 0 saturated carbocycles. The lowest BCUT2D eigenvalue weighted by Crippen LogP contribution is -2.14. The van der Waals surface area contributed by atoms with Gasteiger partial charge in [-0.25, -0.2) is 0 Å². The Kier molecular flexibility index (Phi) is 5.61. The average Bonchev–Trinajstić information content (AvgIpc) is 2.53. The Morgan fingerprint density at radius 2 is 1.86 bits per heavy atom. The highest BCUT2D eigenvalue weighted by molar-refractivity contribution is 9.10. The van der Waals surface area contributed by atoms with Crippen molar-refractivity contribution in [2.45, 2.75) is 12.8 Å². The number of carbonyl (C=O) groups is 3. The van der Waals surface area contributed by atoms with Gasteiger partial charge in [0.25, 0.3) is 0 Å². The molecule has 4 nitrogen and oxygen atoms in total. The summed E-state index contributed by atoms with van der Waals surface area (Å²) in [6, 6.07) is 13.9. The molecule has 22 heavy (non-hydrogen) atoms. The molecule has 0 spiro atoms. The summed E-state index contributed by atoms with van der Waals surface area (Å²) in [6.45, 7) is 0. The topological polar surface area (TPSA) is 63.2 Å². The summed E-state index contributed by atoms with van der Waals surface area (Å²) in [5.41, 5.74) is 1.40. The fourth-order valence-corrected chi connectivity index (χ4v) is 2.38. The molecule has 1 amide bonds. The Balaban J connectivity index is 2.26. The normalized spacial score (nSPS) is 10.0. The van der Waals surface area contributed by atoms with E-state index in [4.69, 9.17) is 0 Å². The Bertz CT molecular complexity index is 713. The highest BCUT2D eigenvalue weighted by atomic mass is 79.9. The van der Waals surface area contributed by atoms with Crippen LogP contribution in [0, 0.1) is 0 Å². The van der Waals surface area contributed by atoms with Crippen molar-refractivity contribution >= 4 is 39.6 Å². The lowest BCUT2D eigenvalue weighted by atomic mass is 10.0. The number of carbonyl (C=O) groups excluding carboxylic acids is 3. The second kappa shape index (κ2) is 7.66. The van der Waals surface area contributed by atoms with Crippen LogP contribution in [-0.4, -0.2) is 18.0 Å². The minimum Gasteiger partial charge on any atom is -0.325 e. The predicted octanol–water partition coefficient (Wildman–Crippen LogP) is 3.60. The van der Waals surface area contributed by atoms with E-state index in [1.54, 1.807) is 42.5 Å². The number of hydrogen-bond acceptors (Lipinski definition) is 3. The predicted molar refractivity (Wildman–Crippen MR) is 87.9 cm³/mol. The number of rotatable bonds is 6. The first-order valence-corrected chi connectivity index (χ1v) is 7.54. The van der Waals surface area contributed by atoms with Crippen LogP contribution in [-0.2, 0) is 9.59 Å². The lowest BCUT2D eigenvalue weighted by molar-refractivity contribution is -0.118. The van der Waals surface area contributed by atoms with Gasteiger partial charge >= 0.3 is 0 Å². The van der Waals surface area contributed by atoms with E-state index in [1.165, 1.54) is 0 Å². The Labute approximate surface area is 136 Å². The number of anilines is 1. The lowest BCUT2D eigenvalue weighted by Gasteiger charge is -2.10. The first-order chi connectivity index (χ1) is 10.6. The third-order valence-electron chi connectivity index (χ3n) is 3.02. The molecule has 0 aliphatic carbocycles. The molecule has 0 aliphatic heterocycles. The summed E-state index contributed by atoms with van der Waals surface area (Å²) in [6.07, 6.45) is 0.953. The van der Waals surface area contributed by atoms with Crippen LogP contribution in [0.2, 0.25) is 0 Å². The van der Waals surface area contributed by atoms with Crippen molar-refractivity contribution in [2.24, 2.45) is 0 Å². The van der Waals surface area contributed by atoms with Crippen molar-refractivity contribution in [1.82, 2.24) is 0 Å². The van der Waals surface area contributed by atoms with Crippen LogP contribution in [0.5, 0.6) is 0 Å². The number of hydrogen-bond donors (Lipinski definition) is 1. The van der Waals surface area contributed by atoms with E-state index in [0.717, 1.165) is 4.47 Å². The molecule has 0 bridgehead atoms. The molecule has 0 heterocycles. The molecule has 2 rings (SSSR count). The Hall–Kier alpha value is -2.27. The molecule has 0 aliphatic rings. The zero-order chi connectivity index (χ0) is 15.9. The smallest absolute Gasteiger partial charge is 0.224 e. The Morgan fingerprint density at radius 1 is 1.09 bits per heavy atom. The molecule has 2 aromatic rings. The van der Waals surface area contributed by atoms with Gasteiger partial charge in [-0.3, -0.25) is 9.59 Å².